The SMILES string of the molecule is CC1(C)CCCN1c1cnccc1CN. The quantitative estimate of drug-likeness (QED) is 0.802. The van der Waals surface area contributed by atoms with Gasteiger partial charge < -0.3 is 10.6 Å². The molecule has 0 aliphatic carbocycles. The molecule has 1 aliphatic rings. The van der Waals surface area contributed by atoms with E-state index in [9.17, 15) is 0 Å². The van der Waals surface area contributed by atoms with Crippen LogP contribution in [0.2, 0.25) is 0 Å². The molecule has 0 amide bonds. The monoisotopic (exact) mass is 205 g/mol. The van der Waals surface area contributed by atoms with Gasteiger partial charge in [0.25, 0.3) is 0 Å². The Bertz CT molecular complexity index is 346. The zero-order chi connectivity index (χ0) is 10.9. The van der Waals surface area contributed by atoms with E-state index in [4.69, 9.17) is 5.73 Å². The van der Waals surface area contributed by atoms with Crippen molar-refractivity contribution in [2.24, 2.45) is 5.73 Å². The Morgan fingerprint density at radius 3 is 2.93 bits per heavy atom. The number of pyridine rings is 1. The van der Waals surface area contributed by atoms with Crippen molar-refractivity contribution in [3.8, 4) is 0 Å². The largest absolute Gasteiger partial charge is 0.365 e. The average molecular weight is 205 g/mol. The van der Waals surface area contributed by atoms with E-state index in [0.29, 0.717) is 6.54 Å². The first-order chi connectivity index (χ1) is 7.15. The summed E-state index contributed by atoms with van der Waals surface area (Å²) in [4.78, 5) is 6.64. The summed E-state index contributed by atoms with van der Waals surface area (Å²) in [5.41, 5.74) is 8.40. The molecule has 0 radical (unpaired) electrons. The lowest BCUT2D eigenvalue weighted by molar-refractivity contribution is 0.516. The highest BCUT2D eigenvalue weighted by atomic mass is 15.2. The molecule has 0 spiro atoms. The van der Waals surface area contributed by atoms with Crippen LogP contribution in [-0.2, 0) is 6.54 Å². The molecule has 15 heavy (non-hydrogen) atoms. The van der Waals surface area contributed by atoms with Gasteiger partial charge in [-0.2, -0.15) is 0 Å². The van der Waals surface area contributed by atoms with Crippen LogP contribution in [-0.4, -0.2) is 17.1 Å². The van der Waals surface area contributed by atoms with Crippen molar-refractivity contribution >= 4 is 5.69 Å². The molecule has 2 rings (SSSR count). The maximum atomic E-state index is 5.75. The van der Waals surface area contributed by atoms with Crippen molar-refractivity contribution in [1.29, 1.82) is 0 Å². The lowest BCUT2D eigenvalue weighted by atomic mass is 10.0. The Morgan fingerprint density at radius 1 is 1.53 bits per heavy atom. The van der Waals surface area contributed by atoms with Gasteiger partial charge in [-0.25, -0.2) is 0 Å². The summed E-state index contributed by atoms with van der Waals surface area (Å²) in [7, 11) is 0. The Morgan fingerprint density at radius 2 is 2.33 bits per heavy atom. The molecule has 1 aromatic heterocycles. The predicted molar refractivity (Wildman–Crippen MR) is 62.8 cm³/mol. The Labute approximate surface area is 91.3 Å². The normalized spacial score (nSPS) is 19.5. The number of hydrogen-bond donors (Lipinski definition) is 1. The molecule has 0 aromatic carbocycles. The van der Waals surface area contributed by atoms with Crippen LogP contribution in [0.5, 0.6) is 0 Å². The molecule has 3 nitrogen and oxygen atoms in total. The third-order valence-corrected chi connectivity index (χ3v) is 3.30. The first-order valence-electron chi connectivity index (χ1n) is 5.56. The second kappa shape index (κ2) is 3.81. The Kier molecular flexibility index (Phi) is 2.65. The zero-order valence-electron chi connectivity index (χ0n) is 9.53. The molecule has 82 valence electrons. The Hall–Kier alpha value is -1.09. The van der Waals surface area contributed by atoms with Gasteiger partial charge in [-0.15, -0.1) is 0 Å². The van der Waals surface area contributed by atoms with Crippen molar-refractivity contribution in [3.63, 3.8) is 0 Å². The lowest BCUT2D eigenvalue weighted by Crippen LogP contribution is -2.38. The minimum atomic E-state index is 0.243. The van der Waals surface area contributed by atoms with Crippen molar-refractivity contribution in [2.45, 2.75) is 38.8 Å². The third kappa shape index (κ3) is 1.84. The van der Waals surface area contributed by atoms with E-state index >= 15 is 0 Å². The topological polar surface area (TPSA) is 42.2 Å². The number of aromatic nitrogens is 1. The summed E-state index contributed by atoms with van der Waals surface area (Å²) in [5, 5.41) is 0. The van der Waals surface area contributed by atoms with Gasteiger partial charge in [0.15, 0.2) is 0 Å². The van der Waals surface area contributed by atoms with Crippen molar-refractivity contribution in [3.05, 3.63) is 24.0 Å². The standard InChI is InChI=1S/C12H19N3/c1-12(2)5-3-7-15(12)11-9-14-6-4-10(11)8-13/h4,6,9H,3,5,7-8,13H2,1-2H3. The molecule has 0 bridgehead atoms. The lowest BCUT2D eigenvalue weighted by Gasteiger charge is -2.34. The molecular formula is C12H19N3. The highest BCUT2D eigenvalue weighted by Gasteiger charge is 2.32. The molecule has 0 atom stereocenters. The van der Waals surface area contributed by atoms with Gasteiger partial charge in [-0.3, -0.25) is 4.98 Å². The first kappa shape index (κ1) is 10.4. The van der Waals surface area contributed by atoms with Gasteiger partial charge in [0.1, 0.15) is 0 Å². The van der Waals surface area contributed by atoms with Crippen LogP contribution in [0, 0.1) is 0 Å². The van der Waals surface area contributed by atoms with E-state index in [1.807, 2.05) is 18.5 Å². The number of anilines is 1. The number of rotatable bonds is 2. The van der Waals surface area contributed by atoms with Gasteiger partial charge in [-0.05, 0) is 38.3 Å². The molecular weight excluding hydrogens is 186 g/mol. The van der Waals surface area contributed by atoms with Crippen LogP contribution < -0.4 is 10.6 Å². The fraction of sp³-hybridized carbons (Fsp3) is 0.583. The number of hydrogen-bond acceptors (Lipinski definition) is 3. The third-order valence-electron chi connectivity index (χ3n) is 3.30. The zero-order valence-corrected chi connectivity index (χ0v) is 9.53. The number of nitrogens with two attached hydrogens (primary N) is 1. The van der Waals surface area contributed by atoms with Crippen LogP contribution in [0.4, 0.5) is 5.69 Å². The molecule has 0 saturated carbocycles. The molecule has 1 aliphatic heterocycles. The Balaban J connectivity index is 2.36. The van der Waals surface area contributed by atoms with E-state index < -0.39 is 0 Å². The van der Waals surface area contributed by atoms with Crippen molar-refractivity contribution in [1.82, 2.24) is 4.98 Å². The highest BCUT2D eigenvalue weighted by Crippen LogP contribution is 2.34. The molecule has 2 heterocycles. The summed E-state index contributed by atoms with van der Waals surface area (Å²) in [6.07, 6.45) is 6.25. The minimum Gasteiger partial charge on any atom is -0.365 e. The molecule has 1 aromatic rings. The van der Waals surface area contributed by atoms with Crippen LogP contribution in [0.15, 0.2) is 18.5 Å². The van der Waals surface area contributed by atoms with Gasteiger partial charge >= 0.3 is 0 Å². The van der Waals surface area contributed by atoms with E-state index in [1.165, 1.54) is 24.1 Å². The van der Waals surface area contributed by atoms with E-state index in [0.717, 1.165) is 6.54 Å². The first-order valence-corrected chi connectivity index (χ1v) is 5.56. The van der Waals surface area contributed by atoms with Gasteiger partial charge in [-0.1, -0.05) is 0 Å². The highest BCUT2D eigenvalue weighted by molar-refractivity contribution is 5.54. The van der Waals surface area contributed by atoms with Crippen molar-refractivity contribution in [2.75, 3.05) is 11.4 Å². The van der Waals surface area contributed by atoms with Crippen LogP contribution in [0.3, 0.4) is 0 Å². The maximum absolute atomic E-state index is 5.75. The molecule has 1 fully saturated rings. The fourth-order valence-corrected chi connectivity index (χ4v) is 2.38. The van der Waals surface area contributed by atoms with E-state index in [2.05, 4.69) is 23.7 Å². The molecule has 0 unspecified atom stereocenters. The van der Waals surface area contributed by atoms with Crippen LogP contribution in [0.25, 0.3) is 0 Å². The second-order valence-electron chi connectivity index (χ2n) is 4.78. The van der Waals surface area contributed by atoms with Crippen LogP contribution in [0.1, 0.15) is 32.3 Å². The van der Waals surface area contributed by atoms with Crippen LogP contribution >= 0.6 is 0 Å². The predicted octanol–water partition coefficient (Wildman–Crippen LogP) is 1.92. The summed E-state index contributed by atoms with van der Waals surface area (Å²) in [6, 6.07) is 2.02. The summed E-state index contributed by atoms with van der Waals surface area (Å²) in [6.45, 7) is 6.27. The van der Waals surface area contributed by atoms with Gasteiger partial charge in [0, 0.05) is 24.8 Å². The molecule has 3 heteroatoms. The fourth-order valence-electron chi connectivity index (χ4n) is 2.38. The van der Waals surface area contributed by atoms with E-state index in [-0.39, 0.29) is 5.54 Å². The minimum absolute atomic E-state index is 0.243. The number of nitrogens with zero attached hydrogens (tertiary/aromatic N) is 2. The maximum Gasteiger partial charge on any atom is 0.0602 e. The van der Waals surface area contributed by atoms with Crippen molar-refractivity contribution < 1.29 is 0 Å². The van der Waals surface area contributed by atoms with Gasteiger partial charge in [0.05, 0.1) is 11.9 Å². The second-order valence-corrected chi connectivity index (χ2v) is 4.78. The summed E-state index contributed by atoms with van der Waals surface area (Å²) < 4.78 is 0. The molecule has 1 saturated heterocycles. The van der Waals surface area contributed by atoms with E-state index in [1.54, 1.807) is 0 Å². The summed E-state index contributed by atoms with van der Waals surface area (Å²) in [5.74, 6) is 0. The average Bonchev–Trinajstić information content (AvgIpc) is 2.58. The smallest absolute Gasteiger partial charge is 0.0602 e. The summed E-state index contributed by atoms with van der Waals surface area (Å²) >= 11 is 0. The van der Waals surface area contributed by atoms with Gasteiger partial charge in [0.2, 0.25) is 0 Å². The molecule has 2 N–H and O–H groups in total.